The first-order valence-corrected chi connectivity index (χ1v) is 7.53. The van der Waals surface area contributed by atoms with Crippen LogP contribution in [-0.2, 0) is 10.0 Å². The maximum absolute atomic E-state index is 12.0. The molecule has 1 N–H and O–H groups in total. The molecule has 2 aromatic rings. The molecule has 0 amide bonds. The molecular weight excluding hydrogens is 340 g/mol. The van der Waals surface area contributed by atoms with E-state index in [-0.39, 0.29) is 4.90 Å². The molecule has 4 nitrogen and oxygen atoms in total. The van der Waals surface area contributed by atoms with Gasteiger partial charge in [0.1, 0.15) is 4.60 Å². The maximum Gasteiger partial charge on any atom is 0.261 e. The molecule has 0 aliphatic heterocycles. The number of nitrogens with one attached hydrogen (secondary N) is 1. The van der Waals surface area contributed by atoms with Gasteiger partial charge >= 0.3 is 0 Å². The van der Waals surface area contributed by atoms with Gasteiger partial charge in [0.25, 0.3) is 10.0 Å². The van der Waals surface area contributed by atoms with Crippen molar-refractivity contribution in [2.75, 3.05) is 4.72 Å². The average molecular weight is 348 g/mol. The smallest absolute Gasteiger partial charge is 0.261 e. The van der Waals surface area contributed by atoms with Crippen LogP contribution in [0.3, 0.4) is 0 Å². The molecule has 0 spiro atoms. The van der Waals surface area contributed by atoms with Gasteiger partial charge in [0.05, 0.1) is 16.8 Å². The molecule has 94 valence electrons. The summed E-state index contributed by atoms with van der Waals surface area (Å²) in [6.45, 7) is 0. The topological polar surface area (TPSA) is 59.1 Å². The van der Waals surface area contributed by atoms with Gasteiger partial charge in [-0.2, -0.15) is 0 Å². The molecule has 0 saturated heterocycles. The second-order valence-electron chi connectivity index (χ2n) is 3.43. The average Bonchev–Trinajstić information content (AvgIpc) is 2.32. The molecule has 1 aromatic carbocycles. The first-order chi connectivity index (χ1) is 8.47. The van der Waals surface area contributed by atoms with E-state index in [1.807, 2.05) is 0 Å². The molecule has 0 fully saturated rings. The quantitative estimate of drug-likeness (QED) is 0.867. The molecule has 0 saturated carbocycles. The fraction of sp³-hybridized carbons (Fsp3) is 0. The van der Waals surface area contributed by atoms with Crippen LogP contribution in [0.15, 0.2) is 52.1 Å². The number of nitrogens with zero attached hydrogens (tertiary/aromatic N) is 1. The van der Waals surface area contributed by atoms with Crippen molar-refractivity contribution in [1.82, 2.24) is 4.98 Å². The maximum atomic E-state index is 12.0. The highest BCUT2D eigenvalue weighted by atomic mass is 79.9. The summed E-state index contributed by atoms with van der Waals surface area (Å²) in [5, 5.41) is 0.367. The lowest BCUT2D eigenvalue weighted by molar-refractivity contribution is 0.601. The number of aromatic nitrogens is 1. The van der Waals surface area contributed by atoms with Crippen molar-refractivity contribution in [2.45, 2.75) is 4.90 Å². The molecule has 1 aromatic heterocycles. The van der Waals surface area contributed by atoms with Crippen LogP contribution in [0.25, 0.3) is 0 Å². The van der Waals surface area contributed by atoms with Crippen LogP contribution < -0.4 is 4.72 Å². The summed E-state index contributed by atoms with van der Waals surface area (Å²) in [5.41, 5.74) is 0.387. The molecule has 0 radical (unpaired) electrons. The summed E-state index contributed by atoms with van der Waals surface area (Å²) in [6, 6.07) is 9.31. The molecule has 0 aliphatic rings. The zero-order valence-electron chi connectivity index (χ0n) is 8.97. The number of pyridine rings is 1. The van der Waals surface area contributed by atoms with Crippen molar-refractivity contribution in [1.29, 1.82) is 0 Å². The molecular formula is C11H8BrClN2O2S. The number of anilines is 1. The van der Waals surface area contributed by atoms with Crippen molar-refractivity contribution in [3.63, 3.8) is 0 Å². The highest BCUT2D eigenvalue weighted by molar-refractivity contribution is 9.10. The van der Waals surface area contributed by atoms with Gasteiger partial charge in [-0.05, 0) is 46.3 Å². The predicted octanol–water partition coefficient (Wildman–Crippen LogP) is 3.30. The van der Waals surface area contributed by atoms with E-state index >= 15 is 0 Å². The lowest BCUT2D eigenvalue weighted by Crippen LogP contribution is -2.12. The molecule has 1 heterocycles. The minimum absolute atomic E-state index is 0.109. The summed E-state index contributed by atoms with van der Waals surface area (Å²) >= 11 is 8.94. The second-order valence-corrected chi connectivity index (χ2v) is 6.36. The van der Waals surface area contributed by atoms with Crippen LogP contribution in [0, 0.1) is 0 Å². The zero-order valence-corrected chi connectivity index (χ0v) is 12.1. The van der Waals surface area contributed by atoms with Gasteiger partial charge in [0, 0.05) is 5.02 Å². The predicted molar refractivity (Wildman–Crippen MR) is 74.2 cm³/mol. The molecule has 18 heavy (non-hydrogen) atoms. The van der Waals surface area contributed by atoms with Gasteiger partial charge in [-0.15, -0.1) is 0 Å². The van der Waals surface area contributed by atoms with Gasteiger partial charge in [0.2, 0.25) is 0 Å². The van der Waals surface area contributed by atoms with E-state index in [1.165, 1.54) is 18.3 Å². The summed E-state index contributed by atoms with van der Waals surface area (Å²) < 4.78 is 27.1. The number of sulfonamides is 1. The summed E-state index contributed by atoms with van der Waals surface area (Å²) in [4.78, 5) is 4.05. The normalized spacial score (nSPS) is 11.2. The van der Waals surface area contributed by atoms with Crippen molar-refractivity contribution >= 4 is 43.2 Å². The number of rotatable bonds is 3. The van der Waals surface area contributed by atoms with E-state index in [0.29, 0.717) is 15.3 Å². The van der Waals surface area contributed by atoms with Crippen LogP contribution in [0.2, 0.25) is 5.02 Å². The summed E-state index contributed by atoms with van der Waals surface area (Å²) in [6.07, 6.45) is 1.42. The lowest BCUT2D eigenvalue weighted by Gasteiger charge is -2.07. The Kier molecular flexibility index (Phi) is 3.89. The number of halogens is 2. The Balaban J connectivity index is 2.30. The minimum atomic E-state index is -3.64. The van der Waals surface area contributed by atoms with E-state index in [0.717, 1.165) is 0 Å². The minimum Gasteiger partial charge on any atom is -0.278 e. The SMILES string of the molecule is O=S(=O)(Nc1ccc(Br)nc1)c1cccc(Cl)c1. The third-order valence-electron chi connectivity index (χ3n) is 2.09. The van der Waals surface area contributed by atoms with E-state index in [4.69, 9.17) is 11.6 Å². The zero-order chi connectivity index (χ0) is 13.2. The summed E-state index contributed by atoms with van der Waals surface area (Å²) in [5.74, 6) is 0. The third-order valence-corrected chi connectivity index (χ3v) is 4.17. The fourth-order valence-electron chi connectivity index (χ4n) is 1.28. The van der Waals surface area contributed by atoms with Gasteiger partial charge in [0.15, 0.2) is 0 Å². The van der Waals surface area contributed by atoms with E-state index < -0.39 is 10.0 Å². The molecule has 0 bridgehead atoms. The Morgan fingerprint density at radius 2 is 2.00 bits per heavy atom. The first kappa shape index (κ1) is 13.3. The molecule has 0 atom stereocenters. The monoisotopic (exact) mass is 346 g/mol. The standard InChI is InChI=1S/C11H8BrClN2O2S/c12-11-5-4-9(7-14-11)15-18(16,17)10-3-1-2-8(13)6-10/h1-7,15H. The Morgan fingerprint density at radius 3 is 2.61 bits per heavy atom. The van der Waals surface area contributed by atoms with Crippen molar-refractivity contribution < 1.29 is 8.42 Å². The Hall–Kier alpha value is -1.11. The Morgan fingerprint density at radius 1 is 1.22 bits per heavy atom. The summed E-state index contributed by atoms with van der Waals surface area (Å²) in [7, 11) is -3.64. The van der Waals surface area contributed by atoms with E-state index in [9.17, 15) is 8.42 Å². The lowest BCUT2D eigenvalue weighted by atomic mass is 10.4. The van der Waals surface area contributed by atoms with Crippen LogP contribution in [0.4, 0.5) is 5.69 Å². The highest BCUT2D eigenvalue weighted by Gasteiger charge is 2.14. The van der Waals surface area contributed by atoms with Crippen molar-refractivity contribution in [3.8, 4) is 0 Å². The number of hydrogen-bond acceptors (Lipinski definition) is 3. The van der Waals surface area contributed by atoms with Crippen molar-refractivity contribution in [3.05, 3.63) is 52.2 Å². The van der Waals surface area contributed by atoms with E-state index in [1.54, 1.807) is 24.3 Å². The first-order valence-electron chi connectivity index (χ1n) is 4.87. The van der Waals surface area contributed by atoms with Crippen LogP contribution in [-0.4, -0.2) is 13.4 Å². The fourth-order valence-corrected chi connectivity index (χ4v) is 2.86. The number of benzene rings is 1. The van der Waals surface area contributed by atoms with Crippen LogP contribution >= 0.6 is 27.5 Å². The molecule has 2 rings (SSSR count). The Bertz CT molecular complexity index is 659. The van der Waals surface area contributed by atoms with Crippen LogP contribution in [0.1, 0.15) is 0 Å². The second kappa shape index (κ2) is 5.26. The van der Waals surface area contributed by atoms with Crippen LogP contribution in [0.5, 0.6) is 0 Å². The van der Waals surface area contributed by atoms with Gasteiger partial charge in [-0.1, -0.05) is 17.7 Å². The van der Waals surface area contributed by atoms with Gasteiger partial charge in [-0.25, -0.2) is 13.4 Å². The largest absolute Gasteiger partial charge is 0.278 e. The number of hydrogen-bond donors (Lipinski definition) is 1. The van der Waals surface area contributed by atoms with Gasteiger partial charge in [-0.3, -0.25) is 4.72 Å². The van der Waals surface area contributed by atoms with E-state index in [2.05, 4.69) is 25.6 Å². The highest BCUT2D eigenvalue weighted by Crippen LogP contribution is 2.19. The van der Waals surface area contributed by atoms with Gasteiger partial charge < -0.3 is 0 Å². The molecule has 7 heteroatoms. The molecule has 0 aliphatic carbocycles. The van der Waals surface area contributed by atoms with Crippen molar-refractivity contribution in [2.24, 2.45) is 0 Å². The molecule has 0 unspecified atom stereocenters. The third kappa shape index (κ3) is 3.22. The Labute approximate surface area is 118 Å².